The van der Waals surface area contributed by atoms with E-state index in [9.17, 15) is 0 Å². The van der Waals surface area contributed by atoms with Gasteiger partial charge in [0.15, 0.2) is 5.52 Å². The van der Waals surface area contributed by atoms with Crippen molar-refractivity contribution in [2.24, 2.45) is 7.05 Å². The summed E-state index contributed by atoms with van der Waals surface area (Å²) in [6.45, 7) is 9.58. The summed E-state index contributed by atoms with van der Waals surface area (Å²) in [4.78, 5) is 6.01. The minimum atomic E-state index is -1.55. The van der Waals surface area contributed by atoms with Crippen molar-refractivity contribution in [3.05, 3.63) is 48.3 Å². The fourth-order valence-electron chi connectivity index (χ4n) is 4.80. The van der Waals surface area contributed by atoms with Gasteiger partial charge in [0.05, 0.1) is 31.7 Å². The Balaban J connectivity index is 2.13. The summed E-state index contributed by atoms with van der Waals surface area (Å²) in [6.07, 6.45) is 1.99. The molecule has 0 saturated heterocycles. The zero-order valence-corrected chi connectivity index (χ0v) is 18.6. The number of pyridine rings is 1. The van der Waals surface area contributed by atoms with Crippen LogP contribution in [0.1, 0.15) is 5.56 Å². The second-order valence-electron chi connectivity index (χ2n) is 8.92. The smallest absolute Gasteiger partial charge is 0.288 e. The molecule has 0 fully saturated rings. The summed E-state index contributed by atoms with van der Waals surface area (Å²) in [5, 5.41) is 5.37. The van der Waals surface area contributed by atoms with Crippen molar-refractivity contribution in [1.82, 2.24) is 9.38 Å². The summed E-state index contributed by atoms with van der Waals surface area (Å²) in [6, 6.07) is 13.4. The van der Waals surface area contributed by atoms with E-state index in [0.29, 0.717) is 0 Å². The molecule has 0 atom stereocenters. The molecule has 2 aromatic carbocycles. The molecular weight excluding hydrogens is 378 g/mol. The number of hydrogen-bond acceptors (Lipinski definition) is 2. The molecule has 0 aliphatic heterocycles. The molecule has 28 heavy (non-hydrogen) atoms. The first-order valence-corrected chi connectivity index (χ1v) is 14.0. The van der Waals surface area contributed by atoms with Crippen molar-refractivity contribution in [2.45, 2.75) is 26.6 Å². The number of aryl methyl sites for hydroxylation is 2. The van der Waals surface area contributed by atoms with Crippen LogP contribution in [0, 0.1) is 6.92 Å². The highest BCUT2D eigenvalue weighted by atomic mass is 32.1. The maximum atomic E-state index is 4.84. The summed E-state index contributed by atoms with van der Waals surface area (Å²) >= 11 is 1.91. The van der Waals surface area contributed by atoms with E-state index >= 15 is 0 Å². The Morgan fingerprint density at radius 2 is 1.75 bits per heavy atom. The standard InChI is InChI=1S/C23H22N3SSi/c1-13-10-11-15-14-8-6-7-9-16(14)26-19(15)17(13)20-18-21(26)23(28(3,4)5)27-22(18)24-12-25(20)2/h6-12H,1-5H3/q+1. The molecule has 0 amide bonds. The van der Waals surface area contributed by atoms with E-state index in [1.165, 1.54) is 58.5 Å². The summed E-state index contributed by atoms with van der Waals surface area (Å²) in [5.74, 6) is 0. The van der Waals surface area contributed by atoms with Crippen LogP contribution in [0.3, 0.4) is 0 Å². The highest BCUT2D eigenvalue weighted by Gasteiger charge is 2.31. The molecule has 4 heterocycles. The van der Waals surface area contributed by atoms with E-state index in [0.717, 1.165) is 0 Å². The van der Waals surface area contributed by atoms with Crippen molar-refractivity contribution in [2.75, 3.05) is 0 Å². The topological polar surface area (TPSA) is 21.2 Å². The van der Waals surface area contributed by atoms with Gasteiger partial charge in [0.1, 0.15) is 5.39 Å². The number of para-hydroxylation sites is 1. The SMILES string of the molecule is Cc1ccc2c3ccccc3n3c4c([Si](C)(C)C)sc5nc[n+](C)c(c1c23)c54. The average molecular weight is 401 g/mol. The van der Waals surface area contributed by atoms with Crippen LogP contribution in [0.2, 0.25) is 19.6 Å². The van der Waals surface area contributed by atoms with Crippen LogP contribution in [-0.4, -0.2) is 17.5 Å². The molecule has 0 aliphatic carbocycles. The highest BCUT2D eigenvalue weighted by Crippen LogP contribution is 2.41. The van der Waals surface area contributed by atoms with Gasteiger partial charge in [0.25, 0.3) is 6.33 Å². The number of benzene rings is 2. The van der Waals surface area contributed by atoms with Crippen LogP contribution in [0.25, 0.3) is 48.4 Å². The third-order valence-corrected chi connectivity index (χ3v) is 10.6. The van der Waals surface area contributed by atoms with E-state index in [1.807, 2.05) is 17.7 Å². The Hall–Kier alpha value is -2.50. The quantitative estimate of drug-likeness (QED) is 0.213. The number of fused-ring (bicyclic) bond motifs is 5. The monoisotopic (exact) mass is 400 g/mol. The lowest BCUT2D eigenvalue weighted by atomic mass is 10.0. The third-order valence-electron chi connectivity index (χ3n) is 5.99. The number of thiophene rings is 1. The summed E-state index contributed by atoms with van der Waals surface area (Å²) in [7, 11) is 0.581. The maximum Gasteiger partial charge on any atom is 0.288 e. The molecule has 0 bridgehead atoms. The fourth-order valence-corrected chi connectivity index (χ4v) is 8.14. The van der Waals surface area contributed by atoms with Crippen molar-refractivity contribution in [1.29, 1.82) is 0 Å². The summed E-state index contributed by atoms with van der Waals surface area (Å²) < 4.78 is 6.31. The second kappa shape index (κ2) is 5.10. The van der Waals surface area contributed by atoms with Gasteiger partial charge in [-0.3, -0.25) is 0 Å². The van der Waals surface area contributed by atoms with Gasteiger partial charge < -0.3 is 4.40 Å². The van der Waals surface area contributed by atoms with Gasteiger partial charge in [0, 0.05) is 20.7 Å². The first-order chi connectivity index (χ1) is 13.4. The van der Waals surface area contributed by atoms with Gasteiger partial charge in [-0.25, -0.2) is 4.57 Å². The van der Waals surface area contributed by atoms with Gasteiger partial charge in [-0.05, 0) is 23.5 Å². The van der Waals surface area contributed by atoms with E-state index in [1.54, 1.807) is 0 Å². The van der Waals surface area contributed by atoms with Gasteiger partial charge in [-0.2, -0.15) is 0 Å². The Morgan fingerprint density at radius 1 is 0.964 bits per heavy atom. The number of rotatable bonds is 1. The van der Waals surface area contributed by atoms with Gasteiger partial charge >= 0.3 is 0 Å². The van der Waals surface area contributed by atoms with Gasteiger partial charge in [0.2, 0.25) is 4.83 Å². The lowest BCUT2D eigenvalue weighted by molar-refractivity contribution is -0.646. The van der Waals surface area contributed by atoms with Gasteiger partial charge in [-0.1, -0.05) is 61.3 Å². The van der Waals surface area contributed by atoms with Crippen LogP contribution in [-0.2, 0) is 7.05 Å². The van der Waals surface area contributed by atoms with Crippen LogP contribution in [0.4, 0.5) is 0 Å². The molecule has 0 saturated carbocycles. The molecule has 0 N–H and O–H groups in total. The molecule has 3 nitrogen and oxygen atoms in total. The van der Waals surface area contributed by atoms with E-state index in [4.69, 9.17) is 4.98 Å². The highest BCUT2D eigenvalue weighted by molar-refractivity contribution is 7.32. The minimum Gasteiger partial charge on any atom is -0.307 e. The van der Waals surface area contributed by atoms with E-state index in [-0.39, 0.29) is 0 Å². The molecule has 4 aromatic heterocycles. The normalized spacial score (nSPS) is 13.2. The zero-order chi connectivity index (χ0) is 19.4. The lowest BCUT2D eigenvalue weighted by Gasteiger charge is -2.16. The number of nitrogens with zero attached hydrogens (tertiary/aromatic N) is 3. The molecule has 0 aliphatic rings. The zero-order valence-electron chi connectivity index (χ0n) is 16.8. The predicted molar refractivity (Wildman–Crippen MR) is 123 cm³/mol. The van der Waals surface area contributed by atoms with Crippen LogP contribution in [0.5, 0.6) is 0 Å². The van der Waals surface area contributed by atoms with E-state index < -0.39 is 8.07 Å². The fraction of sp³-hybridized carbons (Fsp3) is 0.217. The Morgan fingerprint density at radius 3 is 2.54 bits per heavy atom. The van der Waals surface area contributed by atoms with Gasteiger partial charge in [-0.15, -0.1) is 0 Å². The molecule has 6 rings (SSSR count). The van der Waals surface area contributed by atoms with E-state index in [2.05, 4.69) is 79.0 Å². The Bertz CT molecular complexity index is 1570. The minimum absolute atomic E-state index is 1.17. The third kappa shape index (κ3) is 1.84. The molecule has 5 heteroatoms. The number of hydrogen-bond donors (Lipinski definition) is 0. The molecule has 0 radical (unpaired) electrons. The molecule has 0 unspecified atom stereocenters. The van der Waals surface area contributed by atoms with Crippen LogP contribution < -0.4 is 9.07 Å². The predicted octanol–water partition coefficient (Wildman–Crippen LogP) is 5.12. The Labute approximate surface area is 168 Å². The molecular formula is C23H22N3SSi+. The summed E-state index contributed by atoms with van der Waals surface area (Å²) in [5.41, 5.74) is 6.70. The lowest BCUT2D eigenvalue weighted by Crippen LogP contribution is -2.36. The molecule has 0 spiro atoms. The van der Waals surface area contributed by atoms with Crippen LogP contribution >= 0.6 is 11.3 Å². The average Bonchev–Trinajstić information content (AvgIpc) is 3.19. The van der Waals surface area contributed by atoms with Crippen molar-refractivity contribution >= 4 is 72.4 Å². The first kappa shape index (κ1) is 16.5. The number of aromatic nitrogens is 3. The van der Waals surface area contributed by atoms with Crippen molar-refractivity contribution in [3.63, 3.8) is 0 Å². The largest absolute Gasteiger partial charge is 0.307 e. The van der Waals surface area contributed by atoms with Crippen LogP contribution in [0.15, 0.2) is 42.7 Å². The van der Waals surface area contributed by atoms with Crippen molar-refractivity contribution in [3.8, 4) is 0 Å². The first-order valence-electron chi connectivity index (χ1n) is 9.73. The molecule has 138 valence electrons. The Kier molecular flexibility index (Phi) is 3.00. The maximum absolute atomic E-state index is 4.84. The molecule has 6 aromatic rings. The second-order valence-corrected chi connectivity index (χ2v) is 15.3. The van der Waals surface area contributed by atoms with Crippen molar-refractivity contribution < 1.29 is 4.57 Å².